The summed E-state index contributed by atoms with van der Waals surface area (Å²) in [6.45, 7) is 7.05. The second-order valence-corrected chi connectivity index (χ2v) is 6.97. The predicted molar refractivity (Wildman–Crippen MR) is 104 cm³/mol. The Labute approximate surface area is 154 Å². The first-order valence-corrected chi connectivity index (χ1v) is 9.33. The highest BCUT2D eigenvalue weighted by Crippen LogP contribution is 2.35. The third-order valence-electron chi connectivity index (χ3n) is 5.37. The smallest absolute Gasteiger partial charge is 0.0800 e. The quantitative estimate of drug-likeness (QED) is 0.743. The number of aryl methyl sites for hydroxylation is 1. The average Bonchev–Trinajstić information content (AvgIpc) is 3.01. The molecule has 1 aliphatic heterocycles. The molecule has 2 N–H and O–H groups in total. The van der Waals surface area contributed by atoms with Crippen LogP contribution in [-0.4, -0.2) is 64.2 Å². The van der Waals surface area contributed by atoms with Crippen molar-refractivity contribution in [3.63, 3.8) is 0 Å². The molecule has 1 aromatic carbocycles. The van der Waals surface area contributed by atoms with Crippen LogP contribution >= 0.6 is 0 Å². The molecule has 1 aliphatic rings. The first kappa shape index (κ1) is 17.2. The number of pyridine rings is 1. The lowest BCUT2D eigenvalue weighted by molar-refractivity contribution is 0.0936. The Bertz CT molecular complexity index is 853. The molecule has 5 nitrogen and oxygen atoms in total. The molecule has 2 aromatic heterocycles. The SMILES string of the molecule is Cc1[nH]c2ccccc2c1[C@H](c1ccccn1)N1CCN(CCO)CC1. The van der Waals surface area contributed by atoms with E-state index in [1.807, 2.05) is 12.3 Å². The number of aromatic nitrogens is 2. The topological polar surface area (TPSA) is 55.4 Å². The van der Waals surface area contributed by atoms with E-state index in [9.17, 15) is 5.11 Å². The van der Waals surface area contributed by atoms with Gasteiger partial charge in [-0.25, -0.2) is 0 Å². The number of aliphatic hydroxyl groups is 1. The van der Waals surface area contributed by atoms with Crippen LogP contribution in [0.1, 0.15) is 23.0 Å². The second kappa shape index (κ2) is 7.58. The van der Waals surface area contributed by atoms with E-state index in [0.29, 0.717) is 0 Å². The van der Waals surface area contributed by atoms with Gasteiger partial charge in [0, 0.05) is 61.1 Å². The van der Waals surface area contributed by atoms with Crippen molar-refractivity contribution >= 4 is 10.9 Å². The fourth-order valence-electron chi connectivity index (χ4n) is 4.09. The van der Waals surface area contributed by atoms with E-state index >= 15 is 0 Å². The van der Waals surface area contributed by atoms with Crippen molar-refractivity contribution in [2.45, 2.75) is 13.0 Å². The Morgan fingerprint density at radius 2 is 1.85 bits per heavy atom. The van der Waals surface area contributed by atoms with E-state index in [-0.39, 0.29) is 12.6 Å². The maximum absolute atomic E-state index is 9.21. The van der Waals surface area contributed by atoms with E-state index in [2.05, 4.69) is 58.1 Å². The average molecular weight is 350 g/mol. The van der Waals surface area contributed by atoms with Gasteiger partial charge in [-0.05, 0) is 25.1 Å². The molecule has 0 saturated carbocycles. The lowest BCUT2D eigenvalue weighted by Gasteiger charge is -2.39. The number of nitrogens with zero attached hydrogens (tertiary/aromatic N) is 3. The number of benzene rings is 1. The molecule has 26 heavy (non-hydrogen) atoms. The number of hydrogen-bond donors (Lipinski definition) is 2. The molecule has 0 radical (unpaired) electrons. The number of para-hydroxylation sites is 1. The van der Waals surface area contributed by atoms with Crippen molar-refractivity contribution in [2.24, 2.45) is 0 Å². The molecular formula is C21H26N4O. The summed E-state index contributed by atoms with van der Waals surface area (Å²) >= 11 is 0. The van der Waals surface area contributed by atoms with Crippen molar-refractivity contribution < 1.29 is 5.11 Å². The summed E-state index contributed by atoms with van der Waals surface area (Å²) in [7, 11) is 0. The Morgan fingerprint density at radius 1 is 1.08 bits per heavy atom. The minimum atomic E-state index is 0.142. The zero-order valence-electron chi connectivity index (χ0n) is 15.2. The molecule has 0 spiro atoms. The van der Waals surface area contributed by atoms with Crippen LogP contribution in [0.4, 0.5) is 0 Å². The van der Waals surface area contributed by atoms with Crippen molar-refractivity contribution in [3.05, 3.63) is 65.6 Å². The van der Waals surface area contributed by atoms with Crippen LogP contribution < -0.4 is 0 Å². The number of hydrogen-bond acceptors (Lipinski definition) is 4. The Morgan fingerprint density at radius 3 is 2.58 bits per heavy atom. The number of H-pyrrole nitrogens is 1. The molecule has 3 aromatic rings. The molecule has 0 bridgehead atoms. The van der Waals surface area contributed by atoms with E-state index in [4.69, 9.17) is 4.98 Å². The largest absolute Gasteiger partial charge is 0.395 e. The highest BCUT2D eigenvalue weighted by atomic mass is 16.3. The number of aromatic amines is 1. The van der Waals surface area contributed by atoms with Crippen LogP contribution in [0, 0.1) is 6.92 Å². The lowest BCUT2D eigenvalue weighted by atomic mass is 9.97. The Kier molecular flexibility index (Phi) is 5.02. The number of fused-ring (bicyclic) bond motifs is 1. The van der Waals surface area contributed by atoms with Crippen LogP contribution in [0.25, 0.3) is 10.9 Å². The first-order valence-electron chi connectivity index (χ1n) is 9.33. The maximum Gasteiger partial charge on any atom is 0.0800 e. The molecule has 3 heterocycles. The predicted octanol–water partition coefficient (Wildman–Crippen LogP) is 2.57. The van der Waals surface area contributed by atoms with Crippen LogP contribution in [0.3, 0.4) is 0 Å². The van der Waals surface area contributed by atoms with Gasteiger partial charge < -0.3 is 10.1 Å². The first-order chi connectivity index (χ1) is 12.8. The van der Waals surface area contributed by atoms with Gasteiger partial charge in [0.2, 0.25) is 0 Å². The number of β-amino-alcohol motifs (C(OH)–C–C–N with tert-alkyl or cyclic N) is 1. The van der Waals surface area contributed by atoms with Crippen molar-refractivity contribution in [1.82, 2.24) is 19.8 Å². The zero-order valence-corrected chi connectivity index (χ0v) is 15.2. The van der Waals surface area contributed by atoms with Crippen LogP contribution in [0.2, 0.25) is 0 Å². The number of piperazine rings is 1. The molecule has 136 valence electrons. The fourth-order valence-corrected chi connectivity index (χ4v) is 4.09. The molecular weight excluding hydrogens is 324 g/mol. The van der Waals surface area contributed by atoms with E-state index in [1.165, 1.54) is 22.2 Å². The summed E-state index contributed by atoms with van der Waals surface area (Å²) in [6.07, 6.45) is 1.88. The molecule has 4 rings (SSSR count). The molecule has 1 atom stereocenters. The number of nitrogens with one attached hydrogen (secondary N) is 1. The van der Waals surface area contributed by atoms with Crippen molar-refractivity contribution in [3.8, 4) is 0 Å². The van der Waals surface area contributed by atoms with Gasteiger partial charge in [0.05, 0.1) is 18.3 Å². The molecule has 1 saturated heterocycles. The van der Waals surface area contributed by atoms with Gasteiger partial charge in [-0.2, -0.15) is 0 Å². The highest BCUT2D eigenvalue weighted by Gasteiger charge is 2.30. The van der Waals surface area contributed by atoms with Gasteiger partial charge in [-0.15, -0.1) is 0 Å². The Balaban J connectivity index is 1.74. The summed E-state index contributed by atoms with van der Waals surface area (Å²) in [6, 6.07) is 14.8. The molecule has 5 heteroatoms. The van der Waals surface area contributed by atoms with E-state index in [1.54, 1.807) is 0 Å². The fraction of sp³-hybridized carbons (Fsp3) is 0.381. The minimum absolute atomic E-state index is 0.142. The highest BCUT2D eigenvalue weighted by molar-refractivity contribution is 5.85. The number of aliphatic hydroxyl groups excluding tert-OH is 1. The minimum Gasteiger partial charge on any atom is -0.395 e. The lowest BCUT2D eigenvalue weighted by Crippen LogP contribution is -2.48. The summed E-state index contributed by atoms with van der Waals surface area (Å²) in [4.78, 5) is 13.1. The summed E-state index contributed by atoms with van der Waals surface area (Å²) in [5.41, 5.74) is 4.81. The maximum atomic E-state index is 9.21. The summed E-state index contributed by atoms with van der Waals surface area (Å²) in [5, 5.41) is 10.5. The zero-order chi connectivity index (χ0) is 17.9. The normalized spacial score (nSPS) is 17.6. The van der Waals surface area contributed by atoms with Gasteiger partial charge >= 0.3 is 0 Å². The summed E-state index contributed by atoms with van der Waals surface area (Å²) < 4.78 is 0. The van der Waals surface area contributed by atoms with Gasteiger partial charge in [-0.1, -0.05) is 24.3 Å². The molecule has 1 fully saturated rings. The number of rotatable bonds is 5. The summed E-state index contributed by atoms with van der Waals surface area (Å²) in [5.74, 6) is 0. The third-order valence-corrected chi connectivity index (χ3v) is 5.37. The van der Waals surface area contributed by atoms with Gasteiger partial charge in [0.25, 0.3) is 0 Å². The van der Waals surface area contributed by atoms with Gasteiger partial charge in [0.15, 0.2) is 0 Å². The Hall–Kier alpha value is -2.21. The van der Waals surface area contributed by atoms with E-state index in [0.717, 1.165) is 38.4 Å². The van der Waals surface area contributed by atoms with Gasteiger partial charge in [-0.3, -0.25) is 14.8 Å². The van der Waals surface area contributed by atoms with Crippen LogP contribution in [-0.2, 0) is 0 Å². The van der Waals surface area contributed by atoms with Crippen LogP contribution in [0.5, 0.6) is 0 Å². The standard InChI is InChI=1S/C21H26N4O/c1-16-20(17-6-2-3-7-18(17)23-16)21(19-8-4-5-9-22-19)25-12-10-24(11-13-25)14-15-26/h2-9,21,23,26H,10-15H2,1H3/t21-/m0/s1. The van der Waals surface area contributed by atoms with Crippen molar-refractivity contribution in [1.29, 1.82) is 0 Å². The molecule has 0 aliphatic carbocycles. The molecule has 0 amide bonds. The van der Waals surface area contributed by atoms with Gasteiger partial charge in [0.1, 0.15) is 0 Å². The van der Waals surface area contributed by atoms with Crippen LogP contribution in [0.15, 0.2) is 48.7 Å². The van der Waals surface area contributed by atoms with Crippen molar-refractivity contribution in [2.75, 3.05) is 39.3 Å². The molecule has 0 unspecified atom stereocenters. The third kappa shape index (κ3) is 3.26. The second-order valence-electron chi connectivity index (χ2n) is 6.97. The monoisotopic (exact) mass is 350 g/mol. The van der Waals surface area contributed by atoms with E-state index < -0.39 is 0 Å².